The number of nitrogens with zero attached hydrogens (tertiary/aromatic N) is 3. The topological polar surface area (TPSA) is 118 Å². The molecule has 4 aromatic rings. The Morgan fingerprint density at radius 3 is 2.35 bits per heavy atom. The molecule has 0 atom stereocenters. The number of rotatable bonds is 4. The van der Waals surface area contributed by atoms with Gasteiger partial charge in [-0.25, -0.2) is 0 Å². The Balaban J connectivity index is 0.00000181. The molecule has 0 spiro atoms. The smallest absolute Gasteiger partial charge is 1.00 e. The van der Waals surface area contributed by atoms with Crippen LogP contribution in [-0.4, -0.2) is 18.0 Å². The summed E-state index contributed by atoms with van der Waals surface area (Å²) in [7, 11) is -4.46. The van der Waals surface area contributed by atoms with Gasteiger partial charge in [-0.05, 0) is 31.2 Å². The number of aromatic nitrogens is 1. The molecule has 3 N–H and O–H groups in total. The molecule has 31 heavy (non-hydrogen) atoms. The van der Waals surface area contributed by atoms with Gasteiger partial charge < -0.3 is 7.16 Å². The van der Waals surface area contributed by atoms with Crippen molar-refractivity contribution in [2.24, 2.45) is 10.2 Å². The van der Waals surface area contributed by atoms with Crippen LogP contribution < -0.4 is 35.3 Å². The molecule has 4 rings (SSSR count). The maximum atomic E-state index is 11.8. The first kappa shape index (κ1) is 23.1. The second-order valence-electron chi connectivity index (χ2n) is 6.80. The maximum Gasteiger partial charge on any atom is 1.00 e. The SMILES string of the molecule is Cc1cccc(-c2ccc(N=Nc3cc(S(=O)(=O)O)c4ccccc4c3N)cn2)c1.[H-].[Na+]. The second-order valence-corrected chi connectivity index (χ2v) is 8.19. The van der Waals surface area contributed by atoms with Crippen LogP contribution in [0.1, 0.15) is 6.99 Å². The summed E-state index contributed by atoms with van der Waals surface area (Å²) < 4.78 is 33.2. The van der Waals surface area contributed by atoms with Crippen molar-refractivity contribution in [3.63, 3.8) is 0 Å². The molecule has 0 fully saturated rings. The Kier molecular flexibility index (Phi) is 6.88. The third-order valence-electron chi connectivity index (χ3n) is 4.64. The quantitative estimate of drug-likeness (QED) is 0.218. The Morgan fingerprint density at radius 1 is 0.968 bits per heavy atom. The van der Waals surface area contributed by atoms with E-state index in [1.54, 1.807) is 36.5 Å². The number of fused-ring (bicyclic) bond motifs is 1. The first-order valence-corrected chi connectivity index (χ1v) is 10.5. The number of benzene rings is 3. The number of pyridine rings is 1. The molecule has 0 unspecified atom stereocenters. The van der Waals surface area contributed by atoms with Crippen LogP contribution >= 0.6 is 0 Å². The van der Waals surface area contributed by atoms with E-state index in [0.717, 1.165) is 16.8 Å². The van der Waals surface area contributed by atoms with Crippen molar-refractivity contribution in [2.45, 2.75) is 11.8 Å². The standard InChI is InChI=1S/C22H18N4O3S.Na.H/c1-14-5-4-6-15(11-14)19-10-9-16(13-24-19)25-26-20-12-21(30(27,28)29)17-7-2-3-8-18(17)22(20)23;;/h2-13H,23H2,1H3,(H,27,28,29);;/q;+1;-1. The Labute approximate surface area is 203 Å². The minimum absolute atomic E-state index is 0. The molecule has 0 aliphatic carbocycles. The van der Waals surface area contributed by atoms with E-state index in [1.807, 2.05) is 37.3 Å². The van der Waals surface area contributed by atoms with Gasteiger partial charge in [0.15, 0.2) is 0 Å². The summed E-state index contributed by atoms with van der Waals surface area (Å²) in [6.07, 6.45) is 1.57. The predicted octanol–water partition coefficient (Wildman–Crippen LogP) is 2.57. The number of hydrogen-bond acceptors (Lipinski definition) is 6. The molecular weight excluding hydrogens is 423 g/mol. The molecule has 0 aliphatic rings. The summed E-state index contributed by atoms with van der Waals surface area (Å²) in [4.78, 5) is 4.14. The molecule has 1 heterocycles. The Hall–Kier alpha value is -2.62. The number of azo groups is 1. The minimum atomic E-state index is -4.46. The normalized spacial score (nSPS) is 11.5. The number of anilines is 1. The van der Waals surface area contributed by atoms with E-state index in [0.29, 0.717) is 16.5 Å². The molecule has 0 bridgehead atoms. The van der Waals surface area contributed by atoms with Crippen LogP contribution in [0.4, 0.5) is 17.1 Å². The van der Waals surface area contributed by atoms with Gasteiger partial charge in [0.05, 0.1) is 17.6 Å². The zero-order valence-corrected chi connectivity index (χ0v) is 19.8. The number of hydrogen-bond donors (Lipinski definition) is 2. The monoisotopic (exact) mass is 442 g/mol. The van der Waals surface area contributed by atoms with Gasteiger partial charge in [-0.3, -0.25) is 9.54 Å². The van der Waals surface area contributed by atoms with E-state index in [4.69, 9.17) is 5.73 Å². The van der Waals surface area contributed by atoms with Crippen molar-refractivity contribution in [3.8, 4) is 11.3 Å². The van der Waals surface area contributed by atoms with Gasteiger partial charge in [-0.15, -0.1) is 10.2 Å². The van der Waals surface area contributed by atoms with E-state index in [1.165, 1.54) is 6.07 Å². The number of nitrogens with two attached hydrogens (primary N) is 1. The molecule has 0 radical (unpaired) electrons. The maximum absolute atomic E-state index is 11.8. The zero-order valence-electron chi connectivity index (χ0n) is 18.0. The van der Waals surface area contributed by atoms with Crippen LogP contribution in [-0.2, 0) is 10.1 Å². The van der Waals surface area contributed by atoms with Crippen LogP contribution in [0.15, 0.2) is 88.1 Å². The summed E-state index contributed by atoms with van der Waals surface area (Å²) in [6.45, 7) is 2.01. The number of nitrogen functional groups attached to an aromatic ring is 1. The van der Waals surface area contributed by atoms with Gasteiger partial charge in [0.2, 0.25) is 0 Å². The minimum Gasteiger partial charge on any atom is -1.00 e. The largest absolute Gasteiger partial charge is 1.00 e. The van der Waals surface area contributed by atoms with Crippen LogP contribution in [0.2, 0.25) is 0 Å². The molecule has 0 amide bonds. The molecule has 0 saturated carbocycles. The van der Waals surface area contributed by atoms with Crippen molar-refractivity contribution in [3.05, 3.63) is 78.5 Å². The molecule has 152 valence electrons. The third-order valence-corrected chi connectivity index (χ3v) is 5.53. The van der Waals surface area contributed by atoms with Crippen molar-refractivity contribution in [1.29, 1.82) is 0 Å². The Bertz CT molecular complexity index is 1390. The van der Waals surface area contributed by atoms with Crippen molar-refractivity contribution < 1.29 is 44.0 Å². The fourth-order valence-corrected chi connectivity index (χ4v) is 3.90. The fourth-order valence-electron chi connectivity index (χ4n) is 3.18. The summed E-state index contributed by atoms with van der Waals surface area (Å²) in [6, 6.07) is 19.4. The Morgan fingerprint density at radius 2 is 1.71 bits per heavy atom. The molecule has 0 aliphatic heterocycles. The summed E-state index contributed by atoms with van der Waals surface area (Å²) in [5.74, 6) is 0. The third kappa shape index (κ3) is 5.00. The molecular formula is C22H19N4NaO3S. The number of aryl methyl sites for hydroxylation is 1. The fraction of sp³-hybridized carbons (Fsp3) is 0.0455. The summed E-state index contributed by atoms with van der Waals surface area (Å²) >= 11 is 0. The van der Waals surface area contributed by atoms with E-state index < -0.39 is 10.1 Å². The van der Waals surface area contributed by atoms with E-state index in [2.05, 4.69) is 15.2 Å². The average Bonchev–Trinajstić information content (AvgIpc) is 2.73. The molecule has 3 aromatic carbocycles. The van der Waals surface area contributed by atoms with Gasteiger partial charge >= 0.3 is 29.6 Å². The predicted molar refractivity (Wildman–Crippen MR) is 118 cm³/mol. The van der Waals surface area contributed by atoms with Gasteiger partial charge in [0.25, 0.3) is 10.1 Å². The van der Waals surface area contributed by atoms with Crippen LogP contribution in [0.3, 0.4) is 0 Å². The van der Waals surface area contributed by atoms with Gasteiger partial charge in [-0.2, -0.15) is 8.42 Å². The molecule has 9 heteroatoms. The van der Waals surface area contributed by atoms with Crippen LogP contribution in [0, 0.1) is 6.92 Å². The van der Waals surface area contributed by atoms with E-state index in [9.17, 15) is 13.0 Å². The molecule has 1 aromatic heterocycles. The zero-order chi connectivity index (χ0) is 21.3. The van der Waals surface area contributed by atoms with Crippen molar-refractivity contribution >= 4 is 38.0 Å². The van der Waals surface area contributed by atoms with Crippen molar-refractivity contribution in [2.75, 3.05) is 5.73 Å². The molecule has 7 nitrogen and oxygen atoms in total. The average molecular weight is 442 g/mol. The van der Waals surface area contributed by atoms with E-state index in [-0.39, 0.29) is 47.3 Å². The van der Waals surface area contributed by atoms with E-state index >= 15 is 0 Å². The summed E-state index contributed by atoms with van der Waals surface area (Å²) in [5.41, 5.74) is 9.99. The first-order valence-electron chi connectivity index (χ1n) is 9.06. The van der Waals surface area contributed by atoms with Gasteiger partial charge in [0, 0.05) is 16.3 Å². The van der Waals surface area contributed by atoms with Gasteiger partial charge in [-0.1, -0.05) is 48.0 Å². The second kappa shape index (κ2) is 9.25. The first-order chi connectivity index (χ1) is 14.3. The van der Waals surface area contributed by atoms with Crippen LogP contribution in [0.25, 0.3) is 22.0 Å². The summed E-state index contributed by atoms with van der Waals surface area (Å²) in [5, 5.41) is 9.01. The van der Waals surface area contributed by atoms with Crippen LogP contribution in [0.5, 0.6) is 0 Å². The van der Waals surface area contributed by atoms with Gasteiger partial charge in [0.1, 0.15) is 16.3 Å². The van der Waals surface area contributed by atoms with Crippen molar-refractivity contribution in [1.82, 2.24) is 4.98 Å². The molecule has 0 saturated heterocycles.